The van der Waals surface area contributed by atoms with Gasteiger partial charge in [0.2, 0.25) is 0 Å². The monoisotopic (exact) mass is 396 g/mol. The summed E-state index contributed by atoms with van der Waals surface area (Å²) in [5, 5.41) is 0. The smallest absolute Gasteiger partial charge is 0.169 e. The fourth-order valence-electron chi connectivity index (χ4n) is 6.10. The molecule has 2 aliphatic heterocycles. The SMILES string of the molecule is CO[C@@H]1[C@H](OC(C)C)[C@H]2OC3(CCCCC3)O[C@H]2[C@@H]2OC3(CCCCC3)O[C@@H]12. The van der Waals surface area contributed by atoms with Gasteiger partial charge in [-0.25, -0.2) is 0 Å². The van der Waals surface area contributed by atoms with Gasteiger partial charge in [0.25, 0.3) is 0 Å². The van der Waals surface area contributed by atoms with Crippen LogP contribution >= 0.6 is 0 Å². The zero-order chi connectivity index (χ0) is 19.4. The first-order valence-corrected chi connectivity index (χ1v) is 11.4. The summed E-state index contributed by atoms with van der Waals surface area (Å²) in [4.78, 5) is 0. The molecule has 6 atom stereocenters. The molecule has 0 aromatic carbocycles. The number of rotatable bonds is 3. The van der Waals surface area contributed by atoms with Gasteiger partial charge in [0.05, 0.1) is 6.10 Å². The van der Waals surface area contributed by atoms with Crippen LogP contribution in [0.25, 0.3) is 0 Å². The standard InChI is InChI=1S/C22H36O6/c1-14(2)24-16-15(23-3)17-19(27-21(25-17)10-6-4-7-11-21)20-18(16)26-22(28-20)12-8-5-9-13-22/h14-20H,4-13H2,1-3H3/t15-,16+,17+,18-,19-,20-/m1/s1. The number of hydrogen-bond acceptors (Lipinski definition) is 6. The third kappa shape index (κ3) is 3.25. The zero-order valence-corrected chi connectivity index (χ0v) is 17.6. The summed E-state index contributed by atoms with van der Waals surface area (Å²) in [6, 6.07) is 0. The molecule has 0 N–H and O–H groups in total. The summed E-state index contributed by atoms with van der Waals surface area (Å²) >= 11 is 0. The lowest BCUT2D eigenvalue weighted by molar-refractivity contribution is -0.231. The van der Waals surface area contributed by atoms with Gasteiger partial charge in [0.15, 0.2) is 11.6 Å². The quantitative estimate of drug-likeness (QED) is 0.725. The van der Waals surface area contributed by atoms with Gasteiger partial charge in [-0.2, -0.15) is 0 Å². The molecule has 2 heterocycles. The summed E-state index contributed by atoms with van der Waals surface area (Å²) in [6.45, 7) is 4.13. The second-order valence-electron chi connectivity index (χ2n) is 9.62. The normalized spacial score (nSPS) is 44.1. The number of ether oxygens (including phenoxy) is 6. The third-order valence-corrected chi connectivity index (χ3v) is 7.28. The fraction of sp³-hybridized carbons (Fsp3) is 1.00. The first-order chi connectivity index (χ1) is 13.5. The van der Waals surface area contributed by atoms with Crippen molar-refractivity contribution in [1.82, 2.24) is 0 Å². The van der Waals surface area contributed by atoms with E-state index in [0.29, 0.717) is 0 Å². The average Bonchev–Trinajstić information content (AvgIpc) is 3.22. The molecule has 5 rings (SSSR count). The average molecular weight is 397 g/mol. The maximum atomic E-state index is 6.68. The maximum Gasteiger partial charge on any atom is 0.169 e. The van der Waals surface area contributed by atoms with E-state index in [-0.39, 0.29) is 42.7 Å². The predicted octanol–water partition coefficient (Wildman–Crippen LogP) is 3.70. The highest BCUT2D eigenvalue weighted by Crippen LogP contribution is 2.52. The second-order valence-corrected chi connectivity index (χ2v) is 9.62. The molecule has 0 amide bonds. The minimum atomic E-state index is -0.481. The molecule has 0 radical (unpaired) electrons. The van der Waals surface area contributed by atoms with E-state index < -0.39 is 11.6 Å². The molecule has 5 fully saturated rings. The van der Waals surface area contributed by atoms with Crippen LogP contribution in [-0.4, -0.2) is 61.4 Å². The van der Waals surface area contributed by atoms with E-state index in [1.807, 2.05) is 0 Å². The van der Waals surface area contributed by atoms with Gasteiger partial charge in [0, 0.05) is 32.8 Å². The Bertz CT molecular complexity index is 553. The summed E-state index contributed by atoms with van der Waals surface area (Å²) < 4.78 is 39.0. The van der Waals surface area contributed by atoms with Gasteiger partial charge in [0.1, 0.15) is 36.6 Å². The summed E-state index contributed by atoms with van der Waals surface area (Å²) in [7, 11) is 1.75. The van der Waals surface area contributed by atoms with Crippen LogP contribution in [0.4, 0.5) is 0 Å². The van der Waals surface area contributed by atoms with Gasteiger partial charge in [-0.1, -0.05) is 12.8 Å². The first kappa shape index (κ1) is 19.7. The molecular weight excluding hydrogens is 360 g/mol. The highest BCUT2D eigenvalue weighted by molar-refractivity contribution is 5.10. The molecule has 2 saturated heterocycles. The highest BCUT2D eigenvalue weighted by atomic mass is 16.8. The molecule has 3 aliphatic carbocycles. The van der Waals surface area contributed by atoms with E-state index in [1.165, 1.54) is 12.8 Å². The molecular formula is C22H36O6. The lowest BCUT2D eigenvalue weighted by Crippen LogP contribution is -2.63. The van der Waals surface area contributed by atoms with Crippen LogP contribution in [0.1, 0.15) is 78.1 Å². The molecule has 28 heavy (non-hydrogen) atoms. The van der Waals surface area contributed by atoms with Crippen molar-refractivity contribution >= 4 is 0 Å². The molecule has 2 spiro atoms. The highest BCUT2D eigenvalue weighted by Gasteiger charge is 2.66. The Morgan fingerprint density at radius 1 is 0.643 bits per heavy atom. The van der Waals surface area contributed by atoms with E-state index in [1.54, 1.807) is 7.11 Å². The van der Waals surface area contributed by atoms with Crippen LogP contribution in [-0.2, 0) is 28.4 Å². The van der Waals surface area contributed by atoms with Gasteiger partial charge < -0.3 is 28.4 Å². The van der Waals surface area contributed by atoms with E-state index in [0.717, 1.165) is 51.4 Å². The lowest BCUT2D eigenvalue weighted by atomic mass is 9.84. The van der Waals surface area contributed by atoms with Crippen molar-refractivity contribution in [2.75, 3.05) is 7.11 Å². The topological polar surface area (TPSA) is 55.4 Å². The summed E-state index contributed by atoms with van der Waals surface area (Å²) in [5.41, 5.74) is 0. The van der Waals surface area contributed by atoms with E-state index in [9.17, 15) is 0 Å². The van der Waals surface area contributed by atoms with Crippen molar-refractivity contribution < 1.29 is 28.4 Å². The van der Waals surface area contributed by atoms with Crippen molar-refractivity contribution in [2.24, 2.45) is 0 Å². The van der Waals surface area contributed by atoms with Crippen molar-refractivity contribution in [1.29, 1.82) is 0 Å². The molecule has 3 saturated carbocycles. The number of methoxy groups -OCH3 is 1. The van der Waals surface area contributed by atoms with Crippen LogP contribution in [0.5, 0.6) is 0 Å². The van der Waals surface area contributed by atoms with Crippen LogP contribution in [0, 0.1) is 0 Å². The van der Waals surface area contributed by atoms with Gasteiger partial charge in [-0.15, -0.1) is 0 Å². The van der Waals surface area contributed by atoms with E-state index in [4.69, 9.17) is 28.4 Å². The molecule has 5 aliphatic rings. The predicted molar refractivity (Wildman–Crippen MR) is 102 cm³/mol. The van der Waals surface area contributed by atoms with E-state index in [2.05, 4.69) is 13.8 Å². The Labute approximate surface area is 168 Å². The third-order valence-electron chi connectivity index (χ3n) is 7.28. The minimum Gasteiger partial charge on any atom is -0.376 e. The van der Waals surface area contributed by atoms with Crippen LogP contribution in [0.2, 0.25) is 0 Å². The Balaban J connectivity index is 1.46. The fourth-order valence-corrected chi connectivity index (χ4v) is 6.10. The van der Waals surface area contributed by atoms with E-state index >= 15 is 0 Å². The Morgan fingerprint density at radius 3 is 1.50 bits per heavy atom. The molecule has 0 aromatic rings. The van der Waals surface area contributed by atoms with Crippen molar-refractivity contribution in [3.05, 3.63) is 0 Å². The van der Waals surface area contributed by atoms with Gasteiger partial charge in [-0.3, -0.25) is 0 Å². The maximum absolute atomic E-state index is 6.68. The molecule has 0 bridgehead atoms. The summed E-state index contributed by atoms with van der Waals surface area (Å²) in [5.74, 6) is -0.960. The lowest BCUT2D eigenvalue weighted by Gasteiger charge is -2.42. The summed E-state index contributed by atoms with van der Waals surface area (Å²) in [6.07, 6.45) is 9.94. The number of hydrogen-bond donors (Lipinski definition) is 0. The van der Waals surface area contributed by atoms with Crippen molar-refractivity contribution in [3.8, 4) is 0 Å². The zero-order valence-electron chi connectivity index (χ0n) is 17.6. The Morgan fingerprint density at radius 2 is 1.07 bits per heavy atom. The minimum absolute atomic E-state index is 0.0809. The first-order valence-electron chi connectivity index (χ1n) is 11.4. The Kier molecular flexibility index (Phi) is 5.26. The molecule has 6 nitrogen and oxygen atoms in total. The largest absolute Gasteiger partial charge is 0.376 e. The molecule has 0 unspecified atom stereocenters. The molecule has 0 aromatic heterocycles. The molecule has 6 heteroatoms. The van der Waals surface area contributed by atoms with Crippen molar-refractivity contribution in [3.63, 3.8) is 0 Å². The molecule has 160 valence electrons. The van der Waals surface area contributed by atoms with Crippen LogP contribution < -0.4 is 0 Å². The number of fused-ring (bicyclic) bond motifs is 3. The van der Waals surface area contributed by atoms with Crippen LogP contribution in [0.15, 0.2) is 0 Å². The van der Waals surface area contributed by atoms with Crippen molar-refractivity contribution in [2.45, 2.75) is 132 Å². The van der Waals surface area contributed by atoms with Gasteiger partial charge in [-0.05, 0) is 39.5 Å². The second kappa shape index (κ2) is 7.47. The van der Waals surface area contributed by atoms with Crippen LogP contribution in [0.3, 0.4) is 0 Å². The van der Waals surface area contributed by atoms with Gasteiger partial charge >= 0.3 is 0 Å². The Hall–Kier alpha value is -0.240.